The molecule has 1 heterocycles. The van der Waals surface area contributed by atoms with E-state index in [1.807, 2.05) is 31.3 Å². The van der Waals surface area contributed by atoms with Gasteiger partial charge in [-0.15, -0.1) is 0 Å². The number of carbonyl (C=O) groups excluding carboxylic acids is 1. The van der Waals surface area contributed by atoms with Crippen LogP contribution in [0.1, 0.15) is 40.7 Å². The zero-order valence-corrected chi connectivity index (χ0v) is 17.9. The molecule has 0 saturated carbocycles. The van der Waals surface area contributed by atoms with Gasteiger partial charge in [-0.2, -0.15) is 0 Å². The molecule has 5 heteroatoms. The summed E-state index contributed by atoms with van der Waals surface area (Å²) in [6.45, 7) is 5.02. The van der Waals surface area contributed by atoms with E-state index < -0.39 is 0 Å². The van der Waals surface area contributed by atoms with E-state index in [0.29, 0.717) is 23.9 Å². The third-order valence-electron chi connectivity index (χ3n) is 5.70. The molecule has 2 unspecified atom stereocenters. The molecule has 3 rings (SSSR count). The maximum atomic E-state index is 12.0. The predicted molar refractivity (Wildman–Crippen MR) is 119 cm³/mol. The summed E-state index contributed by atoms with van der Waals surface area (Å²) in [5.74, 6) is 2.14. The molecule has 0 bridgehead atoms. The fourth-order valence-electron chi connectivity index (χ4n) is 4.07. The first-order valence-corrected chi connectivity index (χ1v) is 10.3. The minimum Gasteiger partial charge on any atom is -0.352 e. The Morgan fingerprint density at radius 2 is 1.83 bits per heavy atom. The summed E-state index contributed by atoms with van der Waals surface area (Å²) in [5.41, 5.74) is 3.28. The average Bonchev–Trinajstić information content (AvgIpc) is 2.74. The van der Waals surface area contributed by atoms with Gasteiger partial charge in [-0.05, 0) is 41.5 Å². The molecule has 1 N–H and O–H groups in total. The maximum absolute atomic E-state index is 12.0. The molecule has 0 radical (unpaired) electrons. The van der Waals surface area contributed by atoms with E-state index in [1.54, 1.807) is 19.0 Å². The van der Waals surface area contributed by atoms with Crippen LogP contribution in [0.15, 0.2) is 59.6 Å². The second-order valence-electron chi connectivity index (χ2n) is 8.03. The van der Waals surface area contributed by atoms with E-state index in [-0.39, 0.29) is 5.91 Å². The molecule has 5 nitrogen and oxygen atoms in total. The standard InChI is InChI=1S/C24H32N4O/c1-18-17-28(15-14-22(18)20-8-6-5-7-9-20)24(25-2)26-16-19-10-12-21(13-11-19)23(29)27(3)4/h5-13,18,22H,14-17H2,1-4H3,(H,25,26). The number of aliphatic imine (C=N–C) groups is 1. The Morgan fingerprint density at radius 3 is 2.41 bits per heavy atom. The van der Waals surface area contributed by atoms with Crippen molar-refractivity contribution in [2.45, 2.75) is 25.8 Å². The molecular weight excluding hydrogens is 360 g/mol. The van der Waals surface area contributed by atoms with Crippen molar-refractivity contribution in [3.05, 3.63) is 71.3 Å². The minimum atomic E-state index is 0.0237. The third kappa shape index (κ3) is 5.17. The summed E-state index contributed by atoms with van der Waals surface area (Å²) in [7, 11) is 5.38. The molecule has 2 atom stereocenters. The molecule has 0 aliphatic carbocycles. The van der Waals surface area contributed by atoms with Crippen LogP contribution in [-0.2, 0) is 6.54 Å². The van der Waals surface area contributed by atoms with Gasteiger partial charge in [-0.1, -0.05) is 49.4 Å². The fourth-order valence-corrected chi connectivity index (χ4v) is 4.07. The molecule has 1 aliphatic rings. The maximum Gasteiger partial charge on any atom is 0.253 e. The van der Waals surface area contributed by atoms with E-state index in [2.05, 4.69) is 52.5 Å². The van der Waals surface area contributed by atoms with Crippen LogP contribution in [0.4, 0.5) is 0 Å². The van der Waals surface area contributed by atoms with Gasteiger partial charge in [-0.25, -0.2) is 0 Å². The molecule has 2 aromatic carbocycles. The van der Waals surface area contributed by atoms with Crippen molar-refractivity contribution >= 4 is 11.9 Å². The SMILES string of the molecule is CN=C(NCc1ccc(C(=O)N(C)C)cc1)N1CCC(c2ccccc2)C(C)C1. The van der Waals surface area contributed by atoms with E-state index >= 15 is 0 Å². The summed E-state index contributed by atoms with van der Waals surface area (Å²) in [5, 5.41) is 3.48. The lowest BCUT2D eigenvalue weighted by atomic mass is 9.82. The molecule has 1 fully saturated rings. The molecule has 1 amide bonds. The molecule has 1 aliphatic heterocycles. The number of hydrogen-bond donors (Lipinski definition) is 1. The minimum absolute atomic E-state index is 0.0237. The van der Waals surface area contributed by atoms with Crippen molar-refractivity contribution in [3.63, 3.8) is 0 Å². The van der Waals surface area contributed by atoms with E-state index in [1.165, 1.54) is 5.56 Å². The Labute approximate surface area is 174 Å². The van der Waals surface area contributed by atoms with E-state index in [4.69, 9.17) is 0 Å². The molecule has 29 heavy (non-hydrogen) atoms. The van der Waals surface area contributed by atoms with Crippen LogP contribution in [0.2, 0.25) is 0 Å². The lowest BCUT2D eigenvalue weighted by molar-refractivity contribution is 0.0827. The van der Waals surface area contributed by atoms with E-state index in [0.717, 1.165) is 31.0 Å². The Bertz CT molecular complexity index is 830. The molecule has 0 aromatic heterocycles. The van der Waals surface area contributed by atoms with Gasteiger partial charge < -0.3 is 15.1 Å². The highest BCUT2D eigenvalue weighted by Gasteiger charge is 2.28. The Kier molecular flexibility index (Phi) is 6.91. The molecule has 0 spiro atoms. The molecule has 154 valence electrons. The zero-order valence-electron chi connectivity index (χ0n) is 17.9. The average molecular weight is 393 g/mol. The molecule has 1 saturated heterocycles. The summed E-state index contributed by atoms with van der Waals surface area (Å²) >= 11 is 0. The smallest absolute Gasteiger partial charge is 0.253 e. The second kappa shape index (κ2) is 9.59. The Hall–Kier alpha value is -2.82. The van der Waals surface area contributed by atoms with Crippen molar-refractivity contribution in [2.24, 2.45) is 10.9 Å². The Morgan fingerprint density at radius 1 is 1.14 bits per heavy atom. The number of carbonyl (C=O) groups is 1. The van der Waals surface area contributed by atoms with Gasteiger partial charge in [0.2, 0.25) is 0 Å². The Balaban J connectivity index is 1.56. The number of piperidine rings is 1. The lowest BCUT2D eigenvalue weighted by Gasteiger charge is -2.39. The summed E-state index contributed by atoms with van der Waals surface area (Å²) in [6.07, 6.45) is 1.13. The first-order valence-electron chi connectivity index (χ1n) is 10.3. The van der Waals surface area contributed by atoms with Crippen molar-refractivity contribution < 1.29 is 4.79 Å². The van der Waals surface area contributed by atoms with Crippen LogP contribution in [0.3, 0.4) is 0 Å². The number of amides is 1. The van der Waals surface area contributed by atoms with Crippen LogP contribution in [-0.4, -0.2) is 55.9 Å². The molecular formula is C24H32N4O. The van der Waals surface area contributed by atoms with Crippen LogP contribution in [0.25, 0.3) is 0 Å². The summed E-state index contributed by atoms with van der Waals surface area (Å²) in [4.78, 5) is 20.5. The highest BCUT2D eigenvalue weighted by atomic mass is 16.2. The van der Waals surface area contributed by atoms with Crippen LogP contribution in [0.5, 0.6) is 0 Å². The van der Waals surface area contributed by atoms with Crippen molar-refractivity contribution in [2.75, 3.05) is 34.2 Å². The predicted octanol–water partition coefficient (Wildman–Crippen LogP) is 3.59. The van der Waals surface area contributed by atoms with Crippen LogP contribution < -0.4 is 5.32 Å². The summed E-state index contributed by atoms with van der Waals surface area (Å²) in [6, 6.07) is 18.6. The monoisotopic (exact) mass is 392 g/mol. The number of benzene rings is 2. The number of rotatable bonds is 4. The largest absolute Gasteiger partial charge is 0.352 e. The van der Waals surface area contributed by atoms with Gasteiger partial charge in [-0.3, -0.25) is 9.79 Å². The highest BCUT2D eigenvalue weighted by Crippen LogP contribution is 2.32. The topological polar surface area (TPSA) is 47.9 Å². The van der Waals surface area contributed by atoms with Crippen LogP contribution >= 0.6 is 0 Å². The van der Waals surface area contributed by atoms with Gasteiger partial charge in [0.15, 0.2) is 5.96 Å². The van der Waals surface area contributed by atoms with Gasteiger partial charge in [0.05, 0.1) is 0 Å². The van der Waals surface area contributed by atoms with Gasteiger partial charge >= 0.3 is 0 Å². The normalized spacial score (nSPS) is 19.7. The van der Waals surface area contributed by atoms with Gasteiger partial charge in [0.25, 0.3) is 5.91 Å². The first-order chi connectivity index (χ1) is 14.0. The quantitative estimate of drug-likeness (QED) is 0.639. The molecule has 2 aromatic rings. The number of hydrogen-bond acceptors (Lipinski definition) is 2. The lowest BCUT2D eigenvalue weighted by Crippen LogP contribution is -2.47. The zero-order chi connectivity index (χ0) is 20.8. The van der Waals surface area contributed by atoms with E-state index in [9.17, 15) is 4.79 Å². The number of nitrogens with zero attached hydrogens (tertiary/aromatic N) is 3. The van der Waals surface area contributed by atoms with Crippen molar-refractivity contribution in [1.82, 2.24) is 15.1 Å². The number of likely N-dealkylation sites (tertiary alicyclic amines) is 1. The fraction of sp³-hybridized carbons (Fsp3) is 0.417. The summed E-state index contributed by atoms with van der Waals surface area (Å²) < 4.78 is 0. The second-order valence-corrected chi connectivity index (χ2v) is 8.03. The highest BCUT2D eigenvalue weighted by molar-refractivity contribution is 5.93. The third-order valence-corrected chi connectivity index (χ3v) is 5.70. The van der Waals surface area contributed by atoms with Gasteiger partial charge in [0, 0.05) is 46.3 Å². The van der Waals surface area contributed by atoms with Crippen molar-refractivity contribution in [1.29, 1.82) is 0 Å². The van der Waals surface area contributed by atoms with Crippen LogP contribution in [0, 0.1) is 5.92 Å². The number of nitrogens with one attached hydrogen (secondary N) is 1. The van der Waals surface area contributed by atoms with Gasteiger partial charge in [0.1, 0.15) is 0 Å². The first kappa shape index (κ1) is 20.9. The number of guanidine groups is 1. The van der Waals surface area contributed by atoms with Crippen molar-refractivity contribution in [3.8, 4) is 0 Å².